The molecule has 1 aliphatic carbocycles. The SMILES string of the molecule is CC[C@@H]1C[C@@H]1c1ccccc1OC(C)CO. The number of rotatable bonds is 5. The van der Waals surface area contributed by atoms with Crippen molar-refractivity contribution >= 4 is 0 Å². The molecule has 1 saturated carbocycles. The summed E-state index contributed by atoms with van der Waals surface area (Å²) in [7, 11) is 0. The van der Waals surface area contributed by atoms with E-state index in [9.17, 15) is 0 Å². The van der Waals surface area contributed by atoms with Crippen LogP contribution in [0.1, 0.15) is 38.2 Å². The van der Waals surface area contributed by atoms with E-state index in [0.717, 1.165) is 11.7 Å². The van der Waals surface area contributed by atoms with Gasteiger partial charge in [0.15, 0.2) is 0 Å². The van der Waals surface area contributed by atoms with Crippen LogP contribution in [0.5, 0.6) is 5.75 Å². The average molecular weight is 220 g/mol. The Kier molecular flexibility index (Phi) is 3.49. The molecule has 2 nitrogen and oxygen atoms in total. The molecule has 0 bridgehead atoms. The zero-order valence-corrected chi connectivity index (χ0v) is 10.0. The Morgan fingerprint density at radius 3 is 2.81 bits per heavy atom. The molecule has 0 spiro atoms. The van der Waals surface area contributed by atoms with Crippen LogP contribution < -0.4 is 4.74 Å². The van der Waals surface area contributed by atoms with Gasteiger partial charge in [0.2, 0.25) is 0 Å². The summed E-state index contributed by atoms with van der Waals surface area (Å²) in [5, 5.41) is 9.01. The van der Waals surface area contributed by atoms with Crippen LogP contribution in [0.15, 0.2) is 24.3 Å². The highest BCUT2D eigenvalue weighted by Gasteiger charge is 2.38. The summed E-state index contributed by atoms with van der Waals surface area (Å²) in [6.45, 7) is 4.20. The van der Waals surface area contributed by atoms with Crippen molar-refractivity contribution in [2.45, 2.75) is 38.7 Å². The van der Waals surface area contributed by atoms with Gasteiger partial charge in [0.1, 0.15) is 11.9 Å². The van der Waals surface area contributed by atoms with E-state index in [1.165, 1.54) is 18.4 Å². The monoisotopic (exact) mass is 220 g/mol. The second-order valence-corrected chi connectivity index (χ2v) is 4.66. The van der Waals surface area contributed by atoms with Crippen LogP contribution in [0.4, 0.5) is 0 Å². The van der Waals surface area contributed by atoms with Crippen molar-refractivity contribution in [2.75, 3.05) is 6.61 Å². The van der Waals surface area contributed by atoms with Gasteiger partial charge in [-0.25, -0.2) is 0 Å². The fraction of sp³-hybridized carbons (Fsp3) is 0.571. The normalized spacial score (nSPS) is 25.2. The highest BCUT2D eigenvalue weighted by Crippen LogP contribution is 2.51. The van der Waals surface area contributed by atoms with Crippen molar-refractivity contribution in [1.29, 1.82) is 0 Å². The molecule has 1 aromatic carbocycles. The van der Waals surface area contributed by atoms with Gasteiger partial charge in [-0.1, -0.05) is 31.5 Å². The van der Waals surface area contributed by atoms with Gasteiger partial charge < -0.3 is 9.84 Å². The van der Waals surface area contributed by atoms with Gasteiger partial charge >= 0.3 is 0 Å². The molecule has 2 heteroatoms. The summed E-state index contributed by atoms with van der Waals surface area (Å²) in [5.74, 6) is 2.45. The van der Waals surface area contributed by atoms with Crippen LogP contribution in [0.2, 0.25) is 0 Å². The van der Waals surface area contributed by atoms with Gasteiger partial charge in [-0.15, -0.1) is 0 Å². The number of hydrogen-bond acceptors (Lipinski definition) is 2. The van der Waals surface area contributed by atoms with Gasteiger partial charge in [0, 0.05) is 0 Å². The van der Waals surface area contributed by atoms with Gasteiger partial charge in [0.05, 0.1) is 6.61 Å². The van der Waals surface area contributed by atoms with Crippen LogP contribution >= 0.6 is 0 Å². The molecule has 2 rings (SSSR count). The molecule has 1 N–H and O–H groups in total. The molecular formula is C14H20O2. The quantitative estimate of drug-likeness (QED) is 0.826. The van der Waals surface area contributed by atoms with E-state index in [0.29, 0.717) is 5.92 Å². The minimum absolute atomic E-state index is 0.0657. The molecule has 0 heterocycles. The summed E-state index contributed by atoms with van der Waals surface area (Å²) in [5.41, 5.74) is 1.31. The van der Waals surface area contributed by atoms with Crippen molar-refractivity contribution in [1.82, 2.24) is 0 Å². The van der Waals surface area contributed by atoms with Crippen LogP contribution in [0.3, 0.4) is 0 Å². The molecule has 0 aliphatic heterocycles. The van der Waals surface area contributed by atoms with E-state index in [1.54, 1.807) is 0 Å². The second-order valence-electron chi connectivity index (χ2n) is 4.66. The van der Waals surface area contributed by atoms with Crippen LogP contribution in [-0.4, -0.2) is 17.8 Å². The third-order valence-corrected chi connectivity index (χ3v) is 3.35. The standard InChI is InChI=1S/C14H20O2/c1-3-11-8-13(11)12-6-4-5-7-14(12)16-10(2)9-15/h4-7,10-11,13,15H,3,8-9H2,1-2H3/t10?,11-,13+/m1/s1. The summed E-state index contributed by atoms with van der Waals surface area (Å²) in [4.78, 5) is 0. The van der Waals surface area contributed by atoms with Crippen molar-refractivity contribution in [3.05, 3.63) is 29.8 Å². The number of benzene rings is 1. The lowest BCUT2D eigenvalue weighted by atomic mass is 10.1. The Balaban J connectivity index is 2.12. The zero-order valence-electron chi connectivity index (χ0n) is 10.0. The Labute approximate surface area is 97.3 Å². The first-order chi connectivity index (χ1) is 7.76. The highest BCUT2D eigenvalue weighted by molar-refractivity contribution is 5.39. The fourth-order valence-electron chi connectivity index (χ4n) is 2.23. The third-order valence-electron chi connectivity index (χ3n) is 3.35. The molecule has 0 radical (unpaired) electrons. The highest BCUT2D eigenvalue weighted by atomic mass is 16.5. The summed E-state index contributed by atoms with van der Waals surface area (Å²) >= 11 is 0. The average Bonchev–Trinajstić information content (AvgIpc) is 3.09. The Hall–Kier alpha value is -1.02. The Morgan fingerprint density at radius 1 is 1.44 bits per heavy atom. The van der Waals surface area contributed by atoms with E-state index in [1.807, 2.05) is 19.1 Å². The molecule has 3 atom stereocenters. The van der Waals surface area contributed by atoms with E-state index in [-0.39, 0.29) is 12.7 Å². The molecule has 1 unspecified atom stereocenters. The number of para-hydroxylation sites is 1. The fourth-order valence-corrected chi connectivity index (χ4v) is 2.23. The number of ether oxygens (including phenoxy) is 1. The minimum Gasteiger partial charge on any atom is -0.488 e. The molecule has 0 amide bonds. The largest absolute Gasteiger partial charge is 0.488 e. The first-order valence-electron chi connectivity index (χ1n) is 6.12. The van der Waals surface area contributed by atoms with Gasteiger partial charge in [-0.3, -0.25) is 0 Å². The molecule has 0 aromatic heterocycles. The van der Waals surface area contributed by atoms with Crippen molar-refractivity contribution < 1.29 is 9.84 Å². The van der Waals surface area contributed by atoms with Crippen LogP contribution in [0.25, 0.3) is 0 Å². The van der Waals surface area contributed by atoms with Crippen LogP contribution in [0, 0.1) is 5.92 Å². The maximum absolute atomic E-state index is 9.01. The van der Waals surface area contributed by atoms with E-state index < -0.39 is 0 Å². The number of aliphatic hydroxyl groups excluding tert-OH is 1. The topological polar surface area (TPSA) is 29.5 Å². The molecule has 1 fully saturated rings. The van der Waals surface area contributed by atoms with E-state index in [2.05, 4.69) is 19.1 Å². The molecular weight excluding hydrogens is 200 g/mol. The molecule has 0 saturated heterocycles. The minimum atomic E-state index is -0.125. The molecule has 1 aliphatic rings. The van der Waals surface area contributed by atoms with Gasteiger partial charge in [0.25, 0.3) is 0 Å². The first kappa shape index (κ1) is 11.5. The zero-order chi connectivity index (χ0) is 11.5. The lowest BCUT2D eigenvalue weighted by molar-refractivity contribution is 0.128. The second kappa shape index (κ2) is 4.88. The van der Waals surface area contributed by atoms with E-state index in [4.69, 9.17) is 9.84 Å². The predicted octanol–water partition coefficient (Wildman–Crippen LogP) is 2.96. The smallest absolute Gasteiger partial charge is 0.123 e. The van der Waals surface area contributed by atoms with Gasteiger partial charge in [-0.2, -0.15) is 0 Å². The predicted molar refractivity (Wildman–Crippen MR) is 64.8 cm³/mol. The van der Waals surface area contributed by atoms with E-state index >= 15 is 0 Å². The number of aliphatic hydroxyl groups is 1. The molecule has 88 valence electrons. The van der Waals surface area contributed by atoms with Crippen molar-refractivity contribution in [3.63, 3.8) is 0 Å². The Bertz CT molecular complexity index is 348. The molecule has 16 heavy (non-hydrogen) atoms. The Morgan fingerprint density at radius 2 is 2.19 bits per heavy atom. The van der Waals surface area contributed by atoms with Crippen molar-refractivity contribution in [2.24, 2.45) is 5.92 Å². The van der Waals surface area contributed by atoms with Crippen LogP contribution in [-0.2, 0) is 0 Å². The third kappa shape index (κ3) is 2.38. The summed E-state index contributed by atoms with van der Waals surface area (Å²) < 4.78 is 5.74. The van der Waals surface area contributed by atoms with Crippen molar-refractivity contribution in [3.8, 4) is 5.75 Å². The molecule has 1 aromatic rings. The maximum Gasteiger partial charge on any atom is 0.123 e. The lowest BCUT2D eigenvalue weighted by Gasteiger charge is -2.15. The lowest BCUT2D eigenvalue weighted by Crippen LogP contribution is -2.17. The summed E-state index contributed by atoms with van der Waals surface area (Å²) in [6, 6.07) is 8.22. The maximum atomic E-state index is 9.01. The first-order valence-corrected chi connectivity index (χ1v) is 6.12. The van der Waals surface area contributed by atoms with Gasteiger partial charge in [-0.05, 0) is 36.8 Å². The summed E-state index contributed by atoms with van der Waals surface area (Å²) in [6.07, 6.45) is 2.40. The number of hydrogen-bond donors (Lipinski definition) is 1.